The summed E-state index contributed by atoms with van der Waals surface area (Å²) in [4.78, 5) is 23.7. The lowest BCUT2D eigenvalue weighted by molar-refractivity contribution is -0.124. The van der Waals surface area contributed by atoms with Gasteiger partial charge in [-0.05, 0) is 5.56 Å². The van der Waals surface area contributed by atoms with E-state index in [0.717, 1.165) is 5.75 Å². The number of benzene rings is 1. The molecule has 1 aliphatic rings. The van der Waals surface area contributed by atoms with Gasteiger partial charge in [-0.2, -0.15) is 0 Å². The Hall–Kier alpha value is -1.49. The van der Waals surface area contributed by atoms with E-state index in [4.69, 9.17) is 0 Å². The van der Waals surface area contributed by atoms with E-state index in [1.807, 2.05) is 30.3 Å². The zero-order valence-electron chi connectivity index (χ0n) is 8.68. The first-order valence-electron chi connectivity index (χ1n) is 4.97. The van der Waals surface area contributed by atoms with Crippen molar-refractivity contribution < 1.29 is 9.59 Å². The van der Waals surface area contributed by atoms with Crippen LogP contribution >= 0.6 is 11.8 Å². The Labute approximate surface area is 98.0 Å². The predicted molar refractivity (Wildman–Crippen MR) is 62.8 cm³/mol. The second kappa shape index (κ2) is 5.03. The molecule has 84 valence electrons. The van der Waals surface area contributed by atoms with Crippen molar-refractivity contribution in [3.8, 4) is 0 Å². The largest absolute Gasteiger partial charge is 0.329 e. The van der Waals surface area contributed by atoms with E-state index in [2.05, 4.69) is 5.32 Å². The molecule has 0 radical (unpaired) electrons. The fraction of sp³-hybridized carbons (Fsp3) is 0.273. The number of amides is 3. The highest BCUT2D eigenvalue weighted by Crippen LogP contribution is 2.14. The first kappa shape index (κ1) is 11.0. The second-order valence-electron chi connectivity index (χ2n) is 3.44. The molecule has 0 aliphatic carbocycles. The Balaban J connectivity index is 1.80. The van der Waals surface area contributed by atoms with E-state index < -0.39 is 0 Å². The Morgan fingerprint density at radius 2 is 2.00 bits per heavy atom. The summed E-state index contributed by atoms with van der Waals surface area (Å²) in [6.07, 6.45) is 0. The monoisotopic (exact) mass is 236 g/mol. The fourth-order valence-corrected chi connectivity index (χ4v) is 2.38. The summed E-state index contributed by atoms with van der Waals surface area (Å²) in [6, 6.07) is 9.68. The molecule has 0 unspecified atom stereocenters. The molecule has 4 nitrogen and oxygen atoms in total. The number of thioether (sulfide) groups is 1. The van der Waals surface area contributed by atoms with Crippen molar-refractivity contribution in [2.45, 2.75) is 5.75 Å². The third kappa shape index (κ3) is 2.55. The van der Waals surface area contributed by atoms with Crippen molar-refractivity contribution in [3.63, 3.8) is 0 Å². The number of nitrogens with one attached hydrogen (secondary N) is 1. The van der Waals surface area contributed by atoms with Gasteiger partial charge in [-0.3, -0.25) is 9.69 Å². The summed E-state index contributed by atoms with van der Waals surface area (Å²) in [5.74, 6) is 1.07. The van der Waals surface area contributed by atoms with Crippen LogP contribution in [0.5, 0.6) is 0 Å². The van der Waals surface area contributed by atoms with E-state index in [0.29, 0.717) is 5.88 Å². The summed E-state index contributed by atoms with van der Waals surface area (Å²) < 4.78 is 0. The van der Waals surface area contributed by atoms with Crippen LogP contribution in [0.2, 0.25) is 0 Å². The van der Waals surface area contributed by atoms with Crippen LogP contribution in [0, 0.1) is 0 Å². The molecular weight excluding hydrogens is 224 g/mol. The quantitative estimate of drug-likeness (QED) is 0.804. The van der Waals surface area contributed by atoms with E-state index in [1.165, 1.54) is 10.5 Å². The molecule has 0 atom stereocenters. The first-order valence-corrected chi connectivity index (χ1v) is 6.13. The summed E-state index contributed by atoms with van der Waals surface area (Å²) in [5, 5.41) is 2.49. The molecule has 1 heterocycles. The molecule has 1 aromatic rings. The lowest BCUT2D eigenvalue weighted by Gasteiger charge is -2.11. The van der Waals surface area contributed by atoms with Gasteiger partial charge in [-0.1, -0.05) is 30.3 Å². The zero-order chi connectivity index (χ0) is 11.4. The zero-order valence-corrected chi connectivity index (χ0v) is 9.50. The van der Waals surface area contributed by atoms with E-state index in [9.17, 15) is 9.59 Å². The molecule has 0 spiro atoms. The number of rotatable bonds is 4. The standard InChI is InChI=1S/C11H12N2O2S/c14-10-6-12-11(15)13(10)8-16-7-9-4-2-1-3-5-9/h1-5H,6-8H2,(H,12,15). The van der Waals surface area contributed by atoms with Gasteiger partial charge in [-0.15, -0.1) is 11.8 Å². The van der Waals surface area contributed by atoms with Crippen LogP contribution in [-0.2, 0) is 10.5 Å². The van der Waals surface area contributed by atoms with Crippen LogP contribution in [0.15, 0.2) is 30.3 Å². The number of urea groups is 1. The smallest absolute Gasteiger partial charge is 0.325 e. The lowest BCUT2D eigenvalue weighted by Crippen LogP contribution is -2.30. The molecule has 2 rings (SSSR count). The van der Waals surface area contributed by atoms with Gasteiger partial charge in [0.15, 0.2) is 0 Å². The van der Waals surface area contributed by atoms with Crippen LogP contribution in [0.1, 0.15) is 5.56 Å². The number of carbonyl (C=O) groups is 2. The SMILES string of the molecule is O=C1CNC(=O)N1CSCc1ccccc1. The molecular formula is C11H12N2O2S. The molecule has 1 N–H and O–H groups in total. The normalized spacial score (nSPS) is 15.4. The Kier molecular flexibility index (Phi) is 3.46. The predicted octanol–water partition coefficient (Wildman–Crippen LogP) is 1.43. The minimum Gasteiger partial charge on any atom is -0.329 e. The van der Waals surface area contributed by atoms with Gasteiger partial charge in [0.25, 0.3) is 5.91 Å². The molecule has 0 saturated carbocycles. The maximum atomic E-state index is 11.3. The van der Waals surface area contributed by atoms with Crippen molar-refractivity contribution in [2.24, 2.45) is 0 Å². The van der Waals surface area contributed by atoms with Gasteiger partial charge in [-0.25, -0.2) is 4.79 Å². The maximum absolute atomic E-state index is 11.3. The molecule has 3 amide bonds. The van der Waals surface area contributed by atoms with Gasteiger partial charge < -0.3 is 5.32 Å². The van der Waals surface area contributed by atoms with E-state index >= 15 is 0 Å². The third-order valence-corrected chi connectivity index (χ3v) is 3.25. The second-order valence-corrected chi connectivity index (χ2v) is 4.40. The topological polar surface area (TPSA) is 49.4 Å². The van der Waals surface area contributed by atoms with Crippen LogP contribution < -0.4 is 5.32 Å². The summed E-state index contributed by atoms with van der Waals surface area (Å²) in [6.45, 7) is 0.130. The van der Waals surface area contributed by atoms with Crippen molar-refractivity contribution in [1.82, 2.24) is 10.2 Å². The minimum atomic E-state index is -0.287. The Morgan fingerprint density at radius 1 is 1.25 bits per heavy atom. The summed E-state index contributed by atoms with van der Waals surface area (Å²) in [7, 11) is 0. The highest BCUT2D eigenvalue weighted by molar-refractivity contribution is 7.98. The molecule has 1 fully saturated rings. The summed E-state index contributed by atoms with van der Waals surface area (Å²) >= 11 is 1.56. The third-order valence-electron chi connectivity index (χ3n) is 2.27. The Morgan fingerprint density at radius 3 is 2.62 bits per heavy atom. The maximum Gasteiger partial charge on any atom is 0.325 e. The summed E-state index contributed by atoms with van der Waals surface area (Å²) in [5.41, 5.74) is 1.19. The molecule has 1 saturated heterocycles. The molecule has 5 heteroatoms. The van der Waals surface area contributed by atoms with Gasteiger partial charge in [0.05, 0.1) is 12.4 Å². The average Bonchev–Trinajstić information content (AvgIpc) is 2.62. The van der Waals surface area contributed by atoms with Crippen molar-refractivity contribution in [2.75, 3.05) is 12.4 Å². The fourth-order valence-electron chi connectivity index (χ4n) is 1.41. The molecule has 1 aromatic carbocycles. The minimum absolute atomic E-state index is 0.130. The van der Waals surface area contributed by atoms with Crippen molar-refractivity contribution in [3.05, 3.63) is 35.9 Å². The van der Waals surface area contributed by atoms with Crippen LogP contribution in [-0.4, -0.2) is 29.3 Å². The van der Waals surface area contributed by atoms with Gasteiger partial charge in [0, 0.05) is 5.75 Å². The van der Waals surface area contributed by atoms with Crippen LogP contribution in [0.3, 0.4) is 0 Å². The molecule has 0 aromatic heterocycles. The van der Waals surface area contributed by atoms with Crippen molar-refractivity contribution in [1.29, 1.82) is 0 Å². The van der Waals surface area contributed by atoms with Gasteiger partial charge in [0.1, 0.15) is 0 Å². The van der Waals surface area contributed by atoms with Gasteiger partial charge >= 0.3 is 6.03 Å². The molecule has 1 aliphatic heterocycles. The number of nitrogens with zero attached hydrogens (tertiary/aromatic N) is 1. The number of imide groups is 1. The highest BCUT2D eigenvalue weighted by atomic mass is 32.2. The number of carbonyl (C=O) groups excluding carboxylic acids is 2. The van der Waals surface area contributed by atoms with Crippen molar-refractivity contribution >= 4 is 23.7 Å². The number of hydrogen-bond acceptors (Lipinski definition) is 3. The molecule has 16 heavy (non-hydrogen) atoms. The molecule has 0 bridgehead atoms. The number of hydrogen-bond donors (Lipinski definition) is 1. The van der Waals surface area contributed by atoms with Gasteiger partial charge in [0.2, 0.25) is 0 Å². The van der Waals surface area contributed by atoms with E-state index in [1.54, 1.807) is 11.8 Å². The average molecular weight is 236 g/mol. The van der Waals surface area contributed by atoms with Crippen LogP contribution in [0.25, 0.3) is 0 Å². The van der Waals surface area contributed by atoms with Crippen LogP contribution in [0.4, 0.5) is 4.79 Å². The Bertz CT molecular complexity index is 378. The van der Waals surface area contributed by atoms with E-state index in [-0.39, 0.29) is 18.5 Å². The lowest BCUT2D eigenvalue weighted by atomic mass is 10.2. The first-order chi connectivity index (χ1) is 7.77. The highest BCUT2D eigenvalue weighted by Gasteiger charge is 2.27.